The molecular formula is C27H42F4Si. The van der Waals surface area contributed by atoms with Crippen LogP contribution in [0.2, 0.25) is 18.1 Å². The highest BCUT2D eigenvalue weighted by Crippen LogP contribution is 2.42. The Balaban J connectivity index is 1.29. The highest BCUT2D eigenvalue weighted by atomic mass is 28.3. The van der Waals surface area contributed by atoms with Crippen LogP contribution in [0.1, 0.15) is 95.1 Å². The molecule has 0 nitrogen and oxygen atoms in total. The van der Waals surface area contributed by atoms with Crippen LogP contribution in [0.15, 0.2) is 18.2 Å². The van der Waals surface area contributed by atoms with Crippen molar-refractivity contribution in [3.05, 3.63) is 35.1 Å². The van der Waals surface area contributed by atoms with E-state index in [9.17, 15) is 17.6 Å². The second-order valence-corrected chi connectivity index (χ2v) is 14.1. The van der Waals surface area contributed by atoms with E-state index in [1.165, 1.54) is 70.3 Å². The van der Waals surface area contributed by atoms with Gasteiger partial charge in [-0.2, -0.15) is 13.2 Å². The summed E-state index contributed by atoms with van der Waals surface area (Å²) in [5, 5.41) is 0. The van der Waals surface area contributed by atoms with Gasteiger partial charge in [0, 0.05) is 8.80 Å². The van der Waals surface area contributed by atoms with Gasteiger partial charge in [-0.25, -0.2) is 4.39 Å². The summed E-state index contributed by atoms with van der Waals surface area (Å²) in [4.78, 5) is 0. The van der Waals surface area contributed by atoms with Crippen molar-refractivity contribution in [2.24, 2.45) is 17.8 Å². The molecular weight excluding hydrogens is 428 g/mol. The molecule has 182 valence electrons. The van der Waals surface area contributed by atoms with Crippen molar-refractivity contribution in [2.75, 3.05) is 0 Å². The average Bonchev–Trinajstić information content (AvgIpc) is 2.77. The highest BCUT2D eigenvalue weighted by Gasteiger charge is 2.34. The third kappa shape index (κ3) is 7.88. The first kappa shape index (κ1) is 25.8. The summed E-state index contributed by atoms with van der Waals surface area (Å²) in [6.07, 6.45) is 12.1. The molecule has 0 radical (unpaired) electrons. The van der Waals surface area contributed by atoms with Crippen molar-refractivity contribution in [1.82, 2.24) is 0 Å². The molecule has 1 aromatic rings. The second-order valence-electron chi connectivity index (χ2n) is 10.6. The van der Waals surface area contributed by atoms with E-state index in [4.69, 9.17) is 0 Å². The van der Waals surface area contributed by atoms with Gasteiger partial charge in [0.25, 0.3) is 0 Å². The molecule has 1 heterocycles. The molecule has 2 aliphatic rings. The molecule has 0 bridgehead atoms. The Bertz CT molecular complexity index is 671. The molecule has 3 rings (SSSR count). The minimum Gasteiger partial charge on any atom is -0.206 e. The first-order chi connectivity index (χ1) is 15.4. The maximum Gasteiger partial charge on any atom is 0.419 e. The number of rotatable bonds is 10. The van der Waals surface area contributed by atoms with Gasteiger partial charge in [0.1, 0.15) is 5.82 Å². The number of aryl methyl sites for hydroxylation is 1. The molecule has 1 saturated carbocycles. The molecule has 5 heteroatoms. The van der Waals surface area contributed by atoms with Gasteiger partial charge >= 0.3 is 6.18 Å². The van der Waals surface area contributed by atoms with Gasteiger partial charge in [0.2, 0.25) is 0 Å². The Morgan fingerprint density at radius 1 is 0.875 bits per heavy atom. The molecule has 0 atom stereocenters. The lowest BCUT2D eigenvalue weighted by Crippen LogP contribution is -2.28. The Hall–Kier alpha value is -0.843. The Morgan fingerprint density at radius 3 is 2.19 bits per heavy atom. The van der Waals surface area contributed by atoms with Gasteiger partial charge in [-0.15, -0.1) is 0 Å². The molecule has 0 spiro atoms. The zero-order chi connectivity index (χ0) is 23.0. The summed E-state index contributed by atoms with van der Waals surface area (Å²) in [6.45, 7) is 2.30. The fraction of sp³-hybridized carbons (Fsp3) is 0.778. The first-order valence-corrected chi connectivity index (χ1v) is 15.7. The van der Waals surface area contributed by atoms with Crippen LogP contribution in [-0.2, 0) is 12.6 Å². The van der Waals surface area contributed by atoms with Gasteiger partial charge in [-0.1, -0.05) is 88.9 Å². The molecule has 32 heavy (non-hydrogen) atoms. The standard InChI is InChI=1S/C27H42F4Si/c1-2-3-6-17-32-18-15-24(16-19-32)23-12-9-21(10-13-23)7-4-5-8-22-11-14-25(26(28)20-22)27(29,30)31/h11,14,20-21,23-24,32H,2-10,12-13,15-19H2,1H3. The number of hydrogen-bond donors (Lipinski definition) is 0. The maximum atomic E-state index is 13.7. The molecule has 0 unspecified atom stereocenters. The largest absolute Gasteiger partial charge is 0.419 e. The number of alkyl halides is 3. The fourth-order valence-corrected chi connectivity index (χ4v) is 9.82. The van der Waals surface area contributed by atoms with Crippen molar-refractivity contribution in [3.63, 3.8) is 0 Å². The second kappa shape index (κ2) is 12.6. The van der Waals surface area contributed by atoms with Gasteiger partial charge in [0.15, 0.2) is 0 Å². The minimum atomic E-state index is -4.61. The molecule has 0 amide bonds. The van der Waals surface area contributed by atoms with Crippen LogP contribution >= 0.6 is 0 Å². The average molecular weight is 471 g/mol. The Labute approximate surface area is 194 Å². The van der Waals surface area contributed by atoms with E-state index in [0.717, 1.165) is 42.7 Å². The van der Waals surface area contributed by atoms with E-state index in [1.54, 1.807) is 18.1 Å². The molecule has 2 fully saturated rings. The molecule has 1 aliphatic carbocycles. The molecule has 1 aliphatic heterocycles. The topological polar surface area (TPSA) is 0 Å². The van der Waals surface area contributed by atoms with Crippen molar-refractivity contribution >= 4 is 8.80 Å². The molecule has 0 N–H and O–H groups in total. The quantitative estimate of drug-likeness (QED) is 0.182. The molecule has 1 saturated heterocycles. The zero-order valence-corrected chi connectivity index (χ0v) is 21.0. The predicted octanol–water partition coefficient (Wildman–Crippen LogP) is 9.19. The Kier molecular flexibility index (Phi) is 10.1. The SMILES string of the molecule is CCCCC[SiH]1CCC(C2CCC(CCCCc3ccc(C(F)(F)F)c(F)c3)CC2)CC1. The van der Waals surface area contributed by atoms with E-state index >= 15 is 0 Å². The summed E-state index contributed by atoms with van der Waals surface area (Å²) in [7, 11) is -0.402. The van der Waals surface area contributed by atoms with E-state index in [1.807, 2.05) is 0 Å². The zero-order valence-electron chi connectivity index (χ0n) is 19.9. The summed E-state index contributed by atoms with van der Waals surface area (Å²) in [5.74, 6) is 1.63. The van der Waals surface area contributed by atoms with E-state index < -0.39 is 26.4 Å². The lowest BCUT2D eigenvalue weighted by molar-refractivity contribution is -0.140. The van der Waals surface area contributed by atoms with Crippen molar-refractivity contribution in [1.29, 1.82) is 0 Å². The first-order valence-electron chi connectivity index (χ1n) is 13.2. The number of unbranched alkanes of at least 4 members (excludes halogenated alkanes) is 3. The number of benzene rings is 1. The molecule has 0 aromatic heterocycles. The number of halogens is 4. The summed E-state index contributed by atoms with van der Waals surface area (Å²) >= 11 is 0. The van der Waals surface area contributed by atoms with Gasteiger partial charge < -0.3 is 0 Å². The third-order valence-electron chi connectivity index (χ3n) is 8.33. The lowest BCUT2D eigenvalue weighted by Gasteiger charge is -2.37. The lowest BCUT2D eigenvalue weighted by atomic mass is 9.73. The van der Waals surface area contributed by atoms with Crippen LogP contribution in [-0.4, -0.2) is 8.80 Å². The van der Waals surface area contributed by atoms with Gasteiger partial charge in [0.05, 0.1) is 5.56 Å². The fourth-order valence-electron chi connectivity index (χ4n) is 6.29. The molecule has 1 aromatic carbocycles. The van der Waals surface area contributed by atoms with Crippen LogP contribution in [0, 0.1) is 23.6 Å². The maximum absolute atomic E-state index is 13.7. The highest BCUT2D eigenvalue weighted by molar-refractivity contribution is 6.58. The summed E-state index contributed by atoms with van der Waals surface area (Å²) in [5.41, 5.74) is -0.488. The third-order valence-corrected chi connectivity index (χ3v) is 11.9. The van der Waals surface area contributed by atoms with E-state index in [2.05, 4.69) is 6.92 Å². The Morgan fingerprint density at radius 2 is 1.56 bits per heavy atom. The van der Waals surface area contributed by atoms with Crippen molar-refractivity contribution < 1.29 is 17.6 Å². The van der Waals surface area contributed by atoms with E-state index in [-0.39, 0.29) is 0 Å². The minimum absolute atomic E-state index is 0.402. The van der Waals surface area contributed by atoms with Gasteiger partial charge in [-0.05, 0) is 61.1 Å². The predicted molar refractivity (Wildman–Crippen MR) is 128 cm³/mol. The smallest absolute Gasteiger partial charge is 0.206 e. The van der Waals surface area contributed by atoms with E-state index in [0.29, 0.717) is 12.0 Å². The van der Waals surface area contributed by atoms with Gasteiger partial charge in [-0.3, -0.25) is 0 Å². The number of hydrogen-bond acceptors (Lipinski definition) is 0. The van der Waals surface area contributed by atoms with Crippen LogP contribution in [0.3, 0.4) is 0 Å². The van der Waals surface area contributed by atoms with Crippen LogP contribution in [0.25, 0.3) is 0 Å². The van der Waals surface area contributed by atoms with Crippen LogP contribution < -0.4 is 0 Å². The van der Waals surface area contributed by atoms with Crippen molar-refractivity contribution in [3.8, 4) is 0 Å². The van der Waals surface area contributed by atoms with Crippen molar-refractivity contribution in [2.45, 2.75) is 115 Å². The summed E-state index contributed by atoms with van der Waals surface area (Å²) in [6, 6.07) is 8.16. The van der Waals surface area contributed by atoms with Crippen LogP contribution in [0.4, 0.5) is 17.6 Å². The normalized spacial score (nSPS) is 26.9. The summed E-state index contributed by atoms with van der Waals surface area (Å²) < 4.78 is 51.7. The monoisotopic (exact) mass is 470 g/mol. The van der Waals surface area contributed by atoms with Crippen LogP contribution in [0.5, 0.6) is 0 Å².